The highest BCUT2D eigenvalue weighted by Gasteiger charge is 2.23. The summed E-state index contributed by atoms with van der Waals surface area (Å²) in [5, 5.41) is 12.7. The number of aromatic nitrogens is 4. The molecular weight excluding hydrogens is 390 g/mol. The number of hydrogen-bond acceptors (Lipinski definition) is 4. The molecule has 1 amide bonds. The van der Waals surface area contributed by atoms with E-state index in [1.54, 1.807) is 11.6 Å². The lowest BCUT2D eigenvalue weighted by molar-refractivity contribution is -0.119. The first-order valence-electron chi connectivity index (χ1n) is 10.3. The largest absolute Gasteiger partial charge is 0.324 e. The van der Waals surface area contributed by atoms with Gasteiger partial charge in [0.15, 0.2) is 5.52 Å². The SMILES string of the molecule is CCc1ccccc1NC(=O)[C@H](C)n1nc(C)c2c(C)n(-c3ccccc3)nc2c1=O. The number of anilines is 1. The molecule has 0 spiro atoms. The fourth-order valence-electron chi connectivity index (χ4n) is 3.83. The average molecular weight is 415 g/mol. The van der Waals surface area contributed by atoms with Gasteiger partial charge >= 0.3 is 0 Å². The van der Waals surface area contributed by atoms with E-state index in [1.165, 1.54) is 4.68 Å². The Morgan fingerprint density at radius 2 is 1.71 bits per heavy atom. The van der Waals surface area contributed by atoms with Crippen LogP contribution >= 0.6 is 0 Å². The van der Waals surface area contributed by atoms with Gasteiger partial charge in [0.05, 0.1) is 22.5 Å². The maximum Gasteiger partial charge on any atom is 0.295 e. The van der Waals surface area contributed by atoms with Crippen LogP contribution in [-0.2, 0) is 11.2 Å². The van der Waals surface area contributed by atoms with E-state index >= 15 is 0 Å². The zero-order valence-electron chi connectivity index (χ0n) is 18.1. The number of rotatable bonds is 5. The third kappa shape index (κ3) is 3.63. The molecule has 0 unspecified atom stereocenters. The summed E-state index contributed by atoms with van der Waals surface area (Å²) in [6.07, 6.45) is 0.796. The highest BCUT2D eigenvalue weighted by atomic mass is 16.2. The molecule has 2 aromatic heterocycles. The Labute approximate surface area is 180 Å². The summed E-state index contributed by atoms with van der Waals surface area (Å²) in [5.41, 5.74) is 4.06. The van der Waals surface area contributed by atoms with Gasteiger partial charge in [-0.05, 0) is 51.0 Å². The Balaban J connectivity index is 1.75. The minimum Gasteiger partial charge on any atom is -0.324 e. The molecule has 0 fully saturated rings. The first-order chi connectivity index (χ1) is 14.9. The number of fused-ring (bicyclic) bond motifs is 1. The number of amides is 1. The van der Waals surface area contributed by atoms with E-state index < -0.39 is 6.04 Å². The van der Waals surface area contributed by atoms with E-state index in [0.29, 0.717) is 16.6 Å². The van der Waals surface area contributed by atoms with Crippen molar-refractivity contribution in [3.63, 3.8) is 0 Å². The predicted octanol–water partition coefficient (Wildman–Crippen LogP) is 3.96. The van der Waals surface area contributed by atoms with Gasteiger partial charge in [-0.2, -0.15) is 10.2 Å². The van der Waals surface area contributed by atoms with Gasteiger partial charge in [0.2, 0.25) is 5.91 Å². The summed E-state index contributed by atoms with van der Waals surface area (Å²) in [6.45, 7) is 7.45. The Kier molecular flexibility index (Phi) is 5.42. The van der Waals surface area contributed by atoms with Crippen molar-refractivity contribution < 1.29 is 4.79 Å². The third-order valence-electron chi connectivity index (χ3n) is 5.55. The molecule has 4 aromatic rings. The molecule has 2 heterocycles. The molecule has 0 saturated heterocycles. The summed E-state index contributed by atoms with van der Waals surface area (Å²) >= 11 is 0. The van der Waals surface area contributed by atoms with Crippen molar-refractivity contribution in [3.05, 3.63) is 81.9 Å². The number of para-hydroxylation sites is 2. The Bertz CT molecular complexity index is 1320. The van der Waals surface area contributed by atoms with Crippen molar-refractivity contribution in [2.45, 2.75) is 40.2 Å². The van der Waals surface area contributed by atoms with E-state index in [0.717, 1.165) is 29.1 Å². The summed E-state index contributed by atoms with van der Waals surface area (Å²) in [7, 11) is 0. The Hall–Kier alpha value is -3.74. The van der Waals surface area contributed by atoms with Gasteiger partial charge in [-0.3, -0.25) is 9.59 Å². The molecule has 4 rings (SSSR count). The van der Waals surface area contributed by atoms with Crippen LogP contribution in [0, 0.1) is 13.8 Å². The van der Waals surface area contributed by atoms with Crippen molar-refractivity contribution in [1.82, 2.24) is 19.6 Å². The van der Waals surface area contributed by atoms with Crippen LogP contribution in [0.4, 0.5) is 5.69 Å². The zero-order valence-corrected chi connectivity index (χ0v) is 18.1. The van der Waals surface area contributed by atoms with E-state index in [-0.39, 0.29) is 11.5 Å². The summed E-state index contributed by atoms with van der Waals surface area (Å²) < 4.78 is 2.97. The van der Waals surface area contributed by atoms with Crippen molar-refractivity contribution in [2.24, 2.45) is 0 Å². The number of aryl methyl sites for hydroxylation is 3. The van der Waals surface area contributed by atoms with Crippen molar-refractivity contribution >= 4 is 22.5 Å². The van der Waals surface area contributed by atoms with Crippen LogP contribution in [0.25, 0.3) is 16.6 Å². The van der Waals surface area contributed by atoms with E-state index in [4.69, 9.17) is 0 Å². The monoisotopic (exact) mass is 415 g/mol. The van der Waals surface area contributed by atoms with Gasteiger partial charge in [-0.1, -0.05) is 43.3 Å². The molecule has 7 nitrogen and oxygen atoms in total. The van der Waals surface area contributed by atoms with Crippen molar-refractivity contribution in [1.29, 1.82) is 0 Å². The molecule has 7 heteroatoms. The van der Waals surface area contributed by atoms with Crippen molar-refractivity contribution in [3.8, 4) is 5.69 Å². The molecular formula is C24H25N5O2. The molecule has 0 saturated carbocycles. The zero-order chi connectivity index (χ0) is 22.1. The van der Waals surface area contributed by atoms with Crippen molar-refractivity contribution in [2.75, 3.05) is 5.32 Å². The van der Waals surface area contributed by atoms with E-state index in [1.807, 2.05) is 75.4 Å². The smallest absolute Gasteiger partial charge is 0.295 e. The predicted molar refractivity (Wildman–Crippen MR) is 122 cm³/mol. The molecule has 0 aliphatic rings. The number of benzene rings is 2. The van der Waals surface area contributed by atoms with Crippen LogP contribution in [0.3, 0.4) is 0 Å². The number of hydrogen-bond donors (Lipinski definition) is 1. The number of nitrogens with one attached hydrogen (secondary N) is 1. The number of nitrogens with zero attached hydrogens (tertiary/aromatic N) is 4. The second-order valence-electron chi connectivity index (χ2n) is 7.57. The minimum atomic E-state index is -0.789. The van der Waals surface area contributed by atoms with Gasteiger partial charge in [-0.15, -0.1) is 0 Å². The fourth-order valence-corrected chi connectivity index (χ4v) is 3.83. The van der Waals surface area contributed by atoms with Gasteiger partial charge in [0.1, 0.15) is 6.04 Å². The third-order valence-corrected chi connectivity index (χ3v) is 5.55. The first kappa shape index (κ1) is 20.5. The Morgan fingerprint density at radius 1 is 1.03 bits per heavy atom. The molecule has 0 bridgehead atoms. The molecule has 1 N–H and O–H groups in total. The lowest BCUT2D eigenvalue weighted by atomic mass is 10.1. The quantitative estimate of drug-likeness (QED) is 0.535. The van der Waals surface area contributed by atoms with Gasteiger partial charge in [0.25, 0.3) is 5.56 Å². The molecule has 31 heavy (non-hydrogen) atoms. The lowest BCUT2D eigenvalue weighted by Gasteiger charge is -2.16. The van der Waals surface area contributed by atoms with Gasteiger partial charge in [-0.25, -0.2) is 9.36 Å². The van der Waals surface area contributed by atoms with E-state index in [9.17, 15) is 9.59 Å². The molecule has 2 aromatic carbocycles. The minimum absolute atomic E-state index is 0.298. The summed E-state index contributed by atoms with van der Waals surface area (Å²) in [4.78, 5) is 26.2. The van der Waals surface area contributed by atoms with E-state index in [2.05, 4.69) is 15.5 Å². The maximum absolute atomic E-state index is 13.2. The lowest BCUT2D eigenvalue weighted by Crippen LogP contribution is -2.34. The van der Waals surface area contributed by atoms with Crippen LogP contribution in [0.15, 0.2) is 59.4 Å². The number of carbonyl (C=O) groups is 1. The van der Waals surface area contributed by atoms with Crippen LogP contribution < -0.4 is 10.9 Å². The standard InChI is InChI=1S/C24H25N5O2/c1-5-18-11-9-10-14-20(18)25-23(30)17(4)29-24(31)22-21(15(2)26-29)16(3)28(27-22)19-12-7-6-8-13-19/h6-14,17H,5H2,1-4H3,(H,25,30)/t17-/m0/s1. The van der Waals surface area contributed by atoms with Crippen LogP contribution in [0.1, 0.15) is 36.8 Å². The summed E-state index contributed by atoms with van der Waals surface area (Å²) in [6, 6.07) is 16.5. The maximum atomic E-state index is 13.2. The molecule has 0 radical (unpaired) electrons. The highest BCUT2D eigenvalue weighted by Crippen LogP contribution is 2.22. The summed E-state index contributed by atoms with van der Waals surface area (Å²) in [5.74, 6) is -0.298. The first-order valence-corrected chi connectivity index (χ1v) is 10.3. The van der Waals surface area contributed by atoms with Gasteiger partial charge in [0, 0.05) is 5.69 Å². The average Bonchev–Trinajstić information content (AvgIpc) is 3.14. The topological polar surface area (TPSA) is 81.8 Å². The molecule has 0 aliphatic carbocycles. The van der Waals surface area contributed by atoms with Crippen LogP contribution in [0.5, 0.6) is 0 Å². The second-order valence-corrected chi connectivity index (χ2v) is 7.57. The molecule has 0 aliphatic heterocycles. The van der Waals surface area contributed by atoms with Crippen LogP contribution in [-0.4, -0.2) is 25.5 Å². The molecule has 1 atom stereocenters. The van der Waals surface area contributed by atoms with Crippen LogP contribution in [0.2, 0.25) is 0 Å². The second kappa shape index (κ2) is 8.18. The normalized spacial score (nSPS) is 12.1. The highest BCUT2D eigenvalue weighted by molar-refractivity contribution is 5.94. The fraction of sp³-hybridized carbons (Fsp3) is 0.250. The molecule has 158 valence electrons. The van der Waals surface area contributed by atoms with Gasteiger partial charge < -0.3 is 5.32 Å². The Morgan fingerprint density at radius 3 is 2.42 bits per heavy atom. The number of carbonyl (C=O) groups excluding carboxylic acids is 1.